The van der Waals surface area contributed by atoms with Crippen molar-refractivity contribution < 1.29 is 20.3 Å². The lowest BCUT2D eigenvalue weighted by Crippen LogP contribution is -2.78. The molecule has 0 aromatic heterocycles. The van der Waals surface area contributed by atoms with Crippen LogP contribution in [0.4, 0.5) is 0 Å². The highest BCUT2D eigenvalue weighted by Crippen LogP contribution is 2.25. The molecule has 0 amide bonds. The van der Waals surface area contributed by atoms with Crippen molar-refractivity contribution in [1.82, 2.24) is 0 Å². The van der Waals surface area contributed by atoms with Gasteiger partial charge in [-0.05, 0) is 36.8 Å². The molecule has 0 bridgehead atoms. The summed E-state index contributed by atoms with van der Waals surface area (Å²) in [7, 11) is 3.52. The molecule has 0 aliphatic carbocycles. The number of aromatic hydroxyl groups is 2. The molecular weight excluding hydrogens is 304 g/mol. The lowest BCUT2D eigenvalue weighted by atomic mass is 10.0. The van der Waals surface area contributed by atoms with Crippen LogP contribution in [0.3, 0.4) is 0 Å². The van der Waals surface area contributed by atoms with E-state index in [1.807, 2.05) is 36.6 Å². The predicted molar refractivity (Wildman–Crippen MR) is 93.5 cm³/mol. The summed E-state index contributed by atoms with van der Waals surface area (Å²) in [6.45, 7) is 5.59. The Morgan fingerprint density at radius 3 is 2.42 bits per heavy atom. The van der Waals surface area contributed by atoms with Crippen LogP contribution in [0, 0.1) is 0 Å². The number of likely N-dealkylation sites (N-methyl/N-ethyl adjacent to an activating group) is 1. The number of hydrogen-bond acceptors (Lipinski definition) is 4. The molecule has 2 aromatic carbocycles. The van der Waals surface area contributed by atoms with E-state index in [0.717, 1.165) is 22.7 Å². The molecule has 5 heteroatoms. The predicted octanol–water partition coefficient (Wildman–Crippen LogP) is 1.87. The summed E-state index contributed by atoms with van der Waals surface area (Å²) in [5.74, 6) is 1.04. The Kier molecular flexibility index (Phi) is 5.98. The molecule has 2 aromatic rings. The van der Waals surface area contributed by atoms with Gasteiger partial charge in [0.25, 0.3) is 0 Å². The van der Waals surface area contributed by atoms with E-state index in [-0.39, 0.29) is 11.5 Å². The highest BCUT2D eigenvalue weighted by atomic mass is 16.5. The quantitative estimate of drug-likeness (QED) is 0.413. The second-order valence-electron chi connectivity index (χ2n) is 5.40. The largest absolute Gasteiger partial charge is 0.508 e. The van der Waals surface area contributed by atoms with E-state index in [9.17, 15) is 10.2 Å². The van der Waals surface area contributed by atoms with Crippen molar-refractivity contribution in [3.05, 3.63) is 65.0 Å². The van der Waals surface area contributed by atoms with Gasteiger partial charge in [0.2, 0.25) is 0 Å². The first-order valence-corrected chi connectivity index (χ1v) is 7.63. The molecule has 0 heterocycles. The Morgan fingerprint density at radius 2 is 1.83 bits per heavy atom. The average molecular weight is 326 g/mol. The average Bonchev–Trinajstić information content (AvgIpc) is 2.61. The van der Waals surface area contributed by atoms with Crippen LogP contribution in [0.25, 0.3) is 0 Å². The van der Waals surface area contributed by atoms with Crippen molar-refractivity contribution in [2.75, 3.05) is 14.2 Å². The van der Waals surface area contributed by atoms with Crippen LogP contribution in [-0.4, -0.2) is 31.1 Å². The van der Waals surface area contributed by atoms with Crippen LogP contribution in [-0.2, 0) is 12.8 Å². The van der Waals surface area contributed by atoms with E-state index in [1.54, 1.807) is 13.2 Å². The smallest absolute Gasteiger partial charge is 0.119 e. The second kappa shape index (κ2) is 8.17. The Hall–Kier alpha value is -2.79. The van der Waals surface area contributed by atoms with Crippen molar-refractivity contribution in [1.29, 1.82) is 0 Å². The molecule has 0 saturated heterocycles. The lowest BCUT2D eigenvalue weighted by molar-refractivity contribution is -0.579. The van der Waals surface area contributed by atoms with Crippen LogP contribution < -0.4 is 10.1 Å². The van der Waals surface area contributed by atoms with E-state index >= 15 is 0 Å². The summed E-state index contributed by atoms with van der Waals surface area (Å²) in [5, 5.41) is 21.5. The van der Waals surface area contributed by atoms with Gasteiger partial charge >= 0.3 is 0 Å². The van der Waals surface area contributed by atoms with Gasteiger partial charge in [0.1, 0.15) is 17.2 Å². The van der Waals surface area contributed by atoms with Gasteiger partial charge in [-0.15, -0.1) is 0 Å². The van der Waals surface area contributed by atoms with Crippen LogP contribution in [0.1, 0.15) is 11.1 Å². The molecule has 5 nitrogen and oxygen atoms in total. The standard InChI is InChI=1S/C19H21N2O3/c1-20-17(10-13-4-7-16(24-3)8-5-13)18(21-2)12-14-11-15(22)6-9-19(14)23/h1,4-9,11,21-23H,10,12H2,2-3H3/q-1/p+1. The third kappa shape index (κ3) is 4.36. The first kappa shape index (κ1) is 17.6. The summed E-state index contributed by atoms with van der Waals surface area (Å²) in [4.78, 5) is 3.92. The highest BCUT2D eigenvalue weighted by molar-refractivity contribution is 5.41. The molecular formula is C19H22N2O3. The maximum Gasteiger partial charge on any atom is 0.119 e. The zero-order valence-corrected chi connectivity index (χ0v) is 13.9. The third-order valence-electron chi connectivity index (χ3n) is 3.85. The SMILES string of the molecule is [CH-]=NC(Cc1ccc(OC)cc1)=C(Cc1cc(O)ccc1O)[NH2+]C. The monoisotopic (exact) mass is 326 g/mol. The first-order chi connectivity index (χ1) is 11.6. The molecule has 0 saturated carbocycles. The number of aliphatic imine (C=N–C) groups is 1. The molecule has 2 rings (SSSR count). The minimum Gasteiger partial charge on any atom is -0.508 e. The Labute approximate surface area is 142 Å². The topological polar surface area (TPSA) is 78.7 Å². The molecule has 0 aliphatic rings. The zero-order chi connectivity index (χ0) is 17.5. The van der Waals surface area contributed by atoms with Crippen molar-refractivity contribution >= 4 is 6.72 Å². The maximum atomic E-state index is 9.96. The van der Waals surface area contributed by atoms with E-state index in [0.29, 0.717) is 18.4 Å². The van der Waals surface area contributed by atoms with Crippen molar-refractivity contribution in [3.8, 4) is 17.2 Å². The summed E-state index contributed by atoms with van der Waals surface area (Å²) >= 11 is 0. The van der Waals surface area contributed by atoms with E-state index in [2.05, 4.69) is 4.99 Å². The molecule has 24 heavy (non-hydrogen) atoms. The molecule has 4 N–H and O–H groups in total. The lowest BCUT2D eigenvalue weighted by Gasteiger charge is -2.16. The molecule has 0 unspecified atom stereocenters. The number of ether oxygens (including phenoxy) is 1. The number of rotatable bonds is 7. The molecule has 0 fully saturated rings. The maximum absolute atomic E-state index is 9.96. The molecule has 126 valence electrons. The fourth-order valence-electron chi connectivity index (χ4n) is 2.47. The van der Waals surface area contributed by atoms with Gasteiger partial charge in [-0.2, -0.15) is 6.72 Å². The van der Waals surface area contributed by atoms with Crippen LogP contribution in [0.5, 0.6) is 17.2 Å². The fourth-order valence-corrected chi connectivity index (χ4v) is 2.47. The van der Waals surface area contributed by atoms with Crippen molar-refractivity contribution in [2.45, 2.75) is 12.8 Å². The van der Waals surface area contributed by atoms with Gasteiger partial charge in [-0.1, -0.05) is 23.4 Å². The zero-order valence-electron chi connectivity index (χ0n) is 13.9. The summed E-state index contributed by atoms with van der Waals surface area (Å²) in [5.41, 5.74) is 3.30. The number of phenolic OH excluding ortho intramolecular Hbond substituents is 2. The molecule has 0 spiro atoms. The van der Waals surface area contributed by atoms with E-state index in [1.165, 1.54) is 12.1 Å². The Bertz CT molecular complexity index is 737. The second-order valence-corrected chi connectivity index (χ2v) is 5.40. The molecule has 0 aliphatic heterocycles. The number of benzene rings is 2. The summed E-state index contributed by atoms with van der Waals surface area (Å²) in [6, 6.07) is 12.2. The Morgan fingerprint density at radius 1 is 1.12 bits per heavy atom. The third-order valence-corrected chi connectivity index (χ3v) is 3.85. The van der Waals surface area contributed by atoms with E-state index in [4.69, 9.17) is 11.5 Å². The Balaban J connectivity index is 2.27. The minimum absolute atomic E-state index is 0.111. The number of allylic oxidation sites excluding steroid dienone is 2. The van der Waals surface area contributed by atoms with Crippen LogP contribution >= 0.6 is 0 Å². The number of quaternary nitrogens is 1. The molecule has 0 radical (unpaired) electrons. The molecule has 0 atom stereocenters. The first-order valence-electron chi connectivity index (χ1n) is 7.63. The van der Waals surface area contributed by atoms with Gasteiger partial charge < -0.3 is 25.3 Å². The number of hydrogen-bond donors (Lipinski definition) is 3. The number of nitrogens with zero attached hydrogens (tertiary/aromatic N) is 1. The van der Waals surface area contributed by atoms with Crippen molar-refractivity contribution in [3.63, 3.8) is 0 Å². The highest BCUT2D eigenvalue weighted by Gasteiger charge is 2.09. The van der Waals surface area contributed by atoms with Crippen LogP contribution in [0.2, 0.25) is 0 Å². The van der Waals surface area contributed by atoms with Gasteiger partial charge in [-0.25, -0.2) is 0 Å². The fraction of sp³-hybridized carbons (Fsp3) is 0.211. The van der Waals surface area contributed by atoms with Gasteiger partial charge in [0, 0.05) is 12.0 Å². The number of nitrogens with two attached hydrogens (primary N) is 1. The normalized spacial score (nSPS) is 11.8. The van der Waals surface area contributed by atoms with Crippen LogP contribution in [0.15, 0.2) is 58.9 Å². The van der Waals surface area contributed by atoms with Gasteiger partial charge in [0.05, 0.1) is 19.9 Å². The minimum atomic E-state index is 0.111. The summed E-state index contributed by atoms with van der Waals surface area (Å²) < 4.78 is 5.15. The number of methoxy groups -OCH3 is 1. The number of phenols is 2. The van der Waals surface area contributed by atoms with Gasteiger partial charge in [0.15, 0.2) is 0 Å². The summed E-state index contributed by atoms with van der Waals surface area (Å²) in [6.07, 6.45) is 1.00. The van der Waals surface area contributed by atoms with E-state index < -0.39 is 0 Å². The van der Waals surface area contributed by atoms with Gasteiger partial charge in [-0.3, -0.25) is 0 Å². The van der Waals surface area contributed by atoms with Crippen molar-refractivity contribution in [2.24, 2.45) is 4.99 Å².